The average molecular weight is 242 g/mol. The van der Waals surface area contributed by atoms with Crippen molar-refractivity contribution in [1.82, 2.24) is 5.06 Å². The third-order valence-corrected chi connectivity index (χ3v) is 3.60. The van der Waals surface area contributed by atoms with Gasteiger partial charge in [-0.05, 0) is 25.2 Å². The van der Waals surface area contributed by atoms with Gasteiger partial charge in [0.25, 0.3) is 11.8 Å². The average Bonchev–Trinajstić information content (AvgIpc) is 2.87. The van der Waals surface area contributed by atoms with E-state index in [1.807, 2.05) is 0 Å². The molecule has 1 heterocycles. The fourth-order valence-corrected chi connectivity index (χ4v) is 3.04. The summed E-state index contributed by atoms with van der Waals surface area (Å²) in [5.41, 5.74) is 0.417. The fraction of sp³-hybridized carbons (Fsp3) is 0.500. The summed E-state index contributed by atoms with van der Waals surface area (Å²) in [6.45, 7) is 0. The number of carbonyl (C=O) groups excluding carboxylic acids is 3. The van der Waals surface area contributed by atoms with Gasteiger partial charge in [-0.15, -0.1) is 0 Å². The van der Waals surface area contributed by atoms with Crippen LogP contribution >= 0.6 is 11.6 Å². The summed E-state index contributed by atoms with van der Waals surface area (Å²) in [6, 6.07) is 0. The zero-order valence-electron chi connectivity index (χ0n) is 8.23. The summed E-state index contributed by atoms with van der Waals surface area (Å²) in [6.07, 6.45) is 2.64. The molecular weight excluding hydrogens is 234 g/mol. The summed E-state index contributed by atoms with van der Waals surface area (Å²) in [5.74, 6) is -1.15. The fourth-order valence-electron chi connectivity index (χ4n) is 2.97. The summed E-state index contributed by atoms with van der Waals surface area (Å²) in [5, 5.41) is 0.507. The minimum atomic E-state index is -1.17. The predicted octanol–water partition coefficient (Wildman–Crippen LogP) is 1.37. The molecule has 0 aromatic rings. The van der Waals surface area contributed by atoms with Crippen LogP contribution in [0.15, 0.2) is 11.1 Å². The molecule has 0 aromatic heterocycles. The number of amides is 2. The van der Waals surface area contributed by atoms with E-state index in [4.69, 9.17) is 11.6 Å². The Balaban J connectivity index is 1.98. The molecule has 16 heavy (non-hydrogen) atoms. The predicted molar refractivity (Wildman–Crippen MR) is 52.0 cm³/mol. The number of imide groups is 1. The monoisotopic (exact) mass is 241 g/mol. The van der Waals surface area contributed by atoms with Gasteiger partial charge in [-0.1, -0.05) is 10.6 Å². The van der Waals surface area contributed by atoms with E-state index in [1.54, 1.807) is 0 Å². The van der Waals surface area contributed by atoms with Gasteiger partial charge in [-0.25, -0.2) is 4.79 Å². The van der Waals surface area contributed by atoms with E-state index in [9.17, 15) is 14.4 Å². The van der Waals surface area contributed by atoms with Crippen LogP contribution in [0, 0.1) is 11.8 Å². The lowest BCUT2D eigenvalue weighted by atomic mass is 9.88. The van der Waals surface area contributed by atoms with Gasteiger partial charge in [0, 0.05) is 17.2 Å². The molecule has 5 nitrogen and oxygen atoms in total. The van der Waals surface area contributed by atoms with Crippen molar-refractivity contribution in [3.05, 3.63) is 11.1 Å². The molecule has 3 rings (SSSR count). The molecule has 2 bridgehead atoms. The van der Waals surface area contributed by atoms with Gasteiger partial charge in [0.05, 0.1) is 5.92 Å². The summed E-state index contributed by atoms with van der Waals surface area (Å²) in [4.78, 5) is 38.7. The van der Waals surface area contributed by atoms with Crippen LogP contribution in [0.25, 0.3) is 0 Å². The van der Waals surface area contributed by atoms with E-state index in [0.717, 1.165) is 24.8 Å². The third-order valence-electron chi connectivity index (χ3n) is 3.53. The van der Waals surface area contributed by atoms with Crippen molar-refractivity contribution in [2.45, 2.75) is 19.3 Å². The first-order valence-electron chi connectivity index (χ1n) is 5.07. The highest BCUT2D eigenvalue weighted by molar-refractivity contribution is 6.61. The number of hydroxylamine groups is 2. The SMILES string of the molecule is O=C(Cl)ON1C(=O)C2=C3CCC(C3)C2C1=O. The molecular formula is C10H8ClNO4. The minimum Gasteiger partial charge on any atom is -0.315 e. The maximum atomic E-state index is 11.9. The Bertz CT molecular complexity index is 456. The first kappa shape index (κ1) is 9.84. The molecule has 2 amide bonds. The number of nitrogens with zero attached hydrogens (tertiary/aromatic N) is 1. The van der Waals surface area contributed by atoms with E-state index in [1.165, 1.54) is 0 Å². The van der Waals surface area contributed by atoms with E-state index in [-0.39, 0.29) is 5.92 Å². The van der Waals surface area contributed by atoms with Gasteiger partial charge in [0.1, 0.15) is 0 Å². The van der Waals surface area contributed by atoms with E-state index >= 15 is 0 Å². The van der Waals surface area contributed by atoms with Crippen LogP contribution in [0.5, 0.6) is 0 Å². The standard InChI is InChI=1S/C10H8ClNO4/c11-10(15)16-12-8(13)6-4-1-2-5(3-4)7(6)9(12)14/h4,6H,1-3H2. The third kappa shape index (κ3) is 1.09. The van der Waals surface area contributed by atoms with Crippen molar-refractivity contribution in [3.63, 3.8) is 0 Å². The molecule has 0 radical (unpaired) electrons. The maximum Gasteiger partial charge on any atom is 0.428 e. The molecule has 2 fully saturated rings. The van der Waals surface area contributed by atoms with Crippen LogP contribution in [0.2, 0.25) is 0 Å². The molecule has 1 aliphatic heterocycles. The molecule has 3 aliphatic rings. The molecule has 0 aromatic carbocycles. The van der Waals surface area contributed by atoms with Gasteiger partial charge in [0.15, 0.2) is 0 Å². The van der Waals surface area contributed by atoms with Crippen LogP contribution < -0.4 is 0 Å². The number of hydrogen-bond acceptors (Lipinski definition) is 4. The molecule has 1 saturated carbocycles. The second-order valence-corrected chi connectivity index (χ2v) is 4.57. The van der Waals surface area contributed by atoms with Gasteiger partial charge < -0.3 is 4.84 Å². The molecule has 84 valence electrons. The highest BCUT2D eigenvalue weighted by atomic mass is 35.5. The zero-order valence-corrected chi connectivity index (χ0v) is 8.99. The number of halogens is 1. The number of fused-ring (bicyclic) bond motifs is 4. The van der Waals surface area contributed by atoms with E-state index in [2.05, 4.69) is 4.84 Å². The summed E-state index contributed by atoms with van der Waals surface area (Å²) < 4.78 is 0. The van der Waals surface area contributed by atoms with Crippen LogP contribution in [-0.2, 0) is 14.4 Å². The summed E-state index contributed by atoms with van der Waals surface area (Å²) >= 11 is 5.01. The quantitative estimate of drug-likeness (QED) is 0.514. The highest BCUT2D eigenvalue weighted by Gasteiger charge is 2.55. The second-order valence-electron chi connectivity index (χ2n) is 4.26. The molecule has 6 heteroatoms. The smallest absolute Gasteiger partial charge is 0.315 e. The Kier molecular flexibility index (Phi) is 1.89. The number of hydrogen-bond donors (Lipinski definition) is 0. The Morgan fingerprint density at radius 1 is 1.44 bits per heavy atom. The largest absolute Gasteiger partial charge is 0.428 e. The molecule has 2 atom stereocenters. The van der Waals surface area contributed by atoms with Gasteiger partial charge >= 0.3 is 5.43 Å². The molecule has 0 spiro atoms. The number of carbonyl (C=O) groups is 3. The number of rotatable bonds is 1. The molecule has 2 aliphatic carbocycles. The minimum absolute atomic E-state index is 0.209. The van der Waals surface area contributed by atoms with Crippen molar-refractivity contribution in [3.8, 4) is 0 Å². The van der Waals surface area contributed by atoms with E-state index < -0.39 is 23.2 Å². The van der Waals surface area contributed by atoms with Crippen LogP contribution in [0.3, 0.4) is 0 Å². The zero-order chi connectivity index (χ0) is 11.4. The lowest BCUT2D eigenvalue weighted by Gasteiger charge is -2.14. The highest BCUT2D eigenvalue weighted by Crippen LogP contribution is 2.52. The maximum absolute atomic E-state index is 11.9. The van der Waals surface area contributed by atoms with Crippen LogP contribution in [0.1, 0.15) is 19.3 Å². The van der Waals surface area contributed by atoms with Crippen LogP contribution in [-0.4, -0.2) is 22.3 Å². The van der Waals surface area contributed by atoms with Crippen molar-refractivity contribution < 1.29 is 19.2 Å². The number of allylic oxidation sites excluding steroid dienone is 1. The first-order chi connectivity index (χ1) is 7.59. The first-order valence-corrected chi connectivity index (χ1v) is 5.45. The van der Waals surface area contributed by atoms with E-state index in [0.29, 0.717) is 10.6 Å². The Labute approximate surface area is 95.9 Å². The topological polar surface area (TPSA) is 63.7 Å². The molecule has 0 N–H and O–H groups in total. The van der Waals surface area contributed by atoms with Crippen molar-refractivity contribution in [2.75, 3.05) is 0 Å². The van der Waals surface area contributed by atoms with Crippen molar-refractivity contribution in [1.29, 1.82) is 0 Å². The van der Waals surface area contributed by atoms with Crippen molar-refractivity contribution >= 4 is 28.8 Å². The van der Waals surface area contributed by atoms with Gasteiger partial charge in [-0.2, -0.15) is 0 Å². The Hall–Kier alpha value is -1.36. The Morgan fingerprint density at radius 2 is 2.19 bits per heavy atom. The van der Waals surface area contributed by atoms with Gasteiger partial charge in [0.2, 0.25) is 0 Å². The lowest BCUT2D eigenvalue weighted by molar-refractivity contribution is -0.170. The molecule has 1 saturated heterocycles. The van der Waals surface area contributed by atoms with Crippen LogP contribution in [0.4, 0.5) is 4.79 Å². The Morgan fingerprint density at radius 3 is 2.81 bits per heavy atom. The summed E-state index contributed by atoms with van der Waals surface area (Å²) in [7, 11) is 0. The van der Waals surface area contributed by atoms with Gasteiger partial charge in [-0.3, -0.25) is 9.59 Å². The molecule has 2 unspecified atom stereocenters. The normalized spacial score (nSPS) is 31.4. The lowest BCUT2D eigenvalue weighted by Crippen LogP contribution is -2.33. The van der Waals surface area contributed by atoms with Crippen molar-refractivity contribution in [2.24, 2.45) is 11.8 Å². The second kappa shape index (κ2) is 3.07.